The van der Waals surface area contributed by atoms with Crippen molar-refractivity contribution in [2.24, 2.45) is 0 Å². The average Bonchev–Trinajstić information content (AvgIpc) is 2.55. The van der Waals surface area contributed by atoms with Crippen LogP contribution in [0.1, 0.15) is 15.9 Å². The van der Waals surface area contributed by atoms with Crippen molar-refractivity contribution in [1.82, 2.24) is 4.98 Å². The number of hydrogen-bond donors (Lipinski definition) is 1. The fraction of sp³-hybridized carbons (Fsp3) is 0.0526. The molecule has 0 saturated carbocycles. The van der Waals surface area contributed by atoms with Crippen molar-refractivity contribution < 1.29 is 4.79 Å². The second-order valence-corrected chi connectivity index (χ2v) is 5.64. The van der Waals surface area contributed by atoms with Crippen LogP contribution in [0.2, 0.25) is 5.15 Å². The predicted octanol–water partition coefficient (Wildman–Crippen LogP) is 4.96. The standard InChI is InChI=1S/C19H15ClN2O/c1-13-11-17(22-18(20)12-13)14-7-9-15(10-8-14)19(23)21-16-5-3-2-4-6-16/h2-12H,1H3,(H,21,23). The van der Waals surface area contributed by atoms with Gasteiger partial charge in [-0.1, -0.05) is 41.9 Å². The molecule has 4 heteroatoms. The molecule has 114 valence electrons. The van der Waals surface area contributed by atoms with E-state index in [1.807, 2.05) is 61.5 Å². The van der Waals surface area contributed by atoms with Crippen LogP contribution in [0.25, 0.3) is 11.3 Å². The Hall–Kier alpha value is -2.65. The van der Waals surface area contributed by atoms with Crippen LogP contribution in [0.5, 0.6) is 0 Å². The fourth-order valence-corrected chi connectivity index (χ4v) is 2.55. The number of carbonyl (C=O) groups is 1. The molecule has 23 heavy (non-hydrogen) atoms. The molecule has 0 atom stereocenters. The zero-order chi connectivity index (χ0) is 16.2. The first-order valence-electron chi connectivity index (χ1n) is 7.23. The van der Waals surface area contributed by atoms with Gasteiger partial charge in [-0.15, -0.1) is 0 Å². The molecular weight excluding hydrogens is 308 g/mol. The van der Waals surface area contributed by atoms with Gasteiger partial charge in [0.05, 0.1) is 5.69 Å². The van der Waals surface area contributed by atoms with Gasteiger partial charge in [-0.05, 0) is 48.9 Å². The number of para-hydroxylation sites is 1. The van der Waals surface area contributed by atoms with Gasteiger partial charge >= 0.3 is 0 Å². The molecule has 2 aromatic carbocycles. The summed E-state index contributed by atoms with van der Waals surface area (Å²) in [5.74, 6) is -0.141. The van der Waals surface area contributed by atoms with E-state index in [-0.39, 0.29) is 5.91 Å². The number of carbonyl (C=O) groups excluding carboxylic acids is 1. The zero-order valence-corrected chi connectivity index (χ0v) is 13.3. The van der Waals surface area contributed by atoms with Gasteiger partial charge in [0.15, 0.2) is 0 Å². The maximum absolute atomic E-state index is 12.2. The molecule has 1 heterocycles. The summed E-state index contributed by atoms with van der Waals surface area (Å²) in [6.45, 7) is 1.97. The van der Waals surface area contributed by atoms with E-state index in [1.165, 1.54) is 0 Å². The topological polar surface area (TPSA) is 42.0 Å². The van der Waals surface area contributed by atoms with Gasteiger partial charge in [-0.3, -0.25) is 4.79 Å². The average molecular weight is 323 g/mol. The van der Waals surface area contributed by atoms with Crippen molar-refractivity contribution in [3.8, 4) is 11.3 Å². The van der Waals surface area contributed by atoms with Crippen molar-refractivity contribution in [2.75, 3.05) is 5.32 Å². The Balaban J connectivity index is 1.80. The van der Waals surface area contributed by atoms with Crippen molar-refractivity contribution in [1.29, 1.82) is 0 Å². The van der Waals surface area contributed by atoms with Crippen LogP contribution < -0.4 is 5.32 Å². The van der Waals surface area contributed by atoms with Crippen molar-refractivity contribution in [3.63, 3.8) is 0 Å². The van der Waals surface area contributed by atoms with E-state index in [0.29, 0.717) is 10.7 Å². The van der Waals surface area contributed by atoms with Gasteiger partial charge in [-0.2, -0.15) is 0 Å². The lowest BCUT2D eigenvalue weighted by molar-refractivity contribution is 0.102. The third-order valence-corrected chi connectivity index (χ3v) is 3.61. The van der Waals surface area contributed by atoms with Gasteiger partial charge < -0.3 is 5.32 Å². The molecule has 0 radical (unpaired) electrons. The second-order valence-electron chi connectivity index (χ2n) is 5.25. The Morgan fingerprint density at radius 1 is 1.00 bits per heavy atom. The molecule has 0 spiro atoms. The van der Waals surface area contributed by atoms with Crippen molar-refractivity contribution >= 4 is 23.2 Å². The number of rotatable bonds is 3. The Labute approximate surface area is 140 Å². The number of pyridine rings is 1. The Kier molecular flexibility index (Phi) is 4.40. The number of hydrogen-bond acceptors (Lipinski definition) is 2. The summed E-state index contributed by atoms with van der Waals surface area (Å²) in [6.07, 6.45) is 0. The van der Waals surface area contributed by atoms with Crippen LogP contribution in [0, 0.1) is 6.92 Å². The number of amides is 1. The SMILES string of the molecule is Cc1cc(Cl)nc(-c2ccc(C(=O)Nc3ccccc3)cc2)c1. The quantitative estimate of drug-likeness (QED) is 0.692. The molecular formula is C19H15ClN2O. The number of halogens is 1. The first-order valence-corrected chi connectivity index (χ1v) is 7.61. The van der Waals surface area contributed by atoms with E-state index in [2.05, 4.69) is 10.3 Å². The van der Waals surface area contributed by atoms with E-state index >= 15 is 0 Å². The fourth-order valence-electron chi connectivity index (χ4n) is 2.29. The first-order chi connectivity index (χ1) is 11.1. The maximum atomic E-state index is 12.2. The lowest BCUT2D eigenvalue weighted by Crippen LogP contribution is -2.11. The predicted molar refractivity (Wildman–Crippen MR) is 93.8 cm³/mol. The highest BCUT2D eigenvalue weighted by molar-refractivity contribution is 6.29. The van der Waals surface area contributed by atoms with Gasteiger partial charge in [0.2, 0.25) is 0 Å². The summed E-state index contributed by atoms with van der Waals surface area (Å²) >= 11 is 6.00. The van der Waals surface area contributed by atoms with Crippen LogP contribution in [0.15, 0.2) is 66.7 Å². The molecule has 0 saturated heterocycles. The van der Waals surface area contributed by atoms with E-state index in [1.54, 1.807) is 12.1 Å². The number of aryl methyl sites for hydroxylation is 1. The van der Waals surface area contributed by atoms with Crippen LogP contribution in [0.4, 0.5) is 5.69 Å². The molecule has 1 aromatic heterocycles. The maximum Gasteiger partial charge on any atom is 0.255 e. The minimum absolute atomic E-state index is 0.141. The van der Waals surface area contributed by atoms with Crippen LogP contribution in [-0.2, 0) is 0 Å². The smallest absolute Gasteiger partial charge is 0.255 e. The summed E-state index contributed by atoms with van der Waals surface area (Å²) in [4.78, 5) is 16.5. The Bertz CT molecular complexity index is 809. The van der Waals surface area contributed by atoms with Crippen molar-refractivity contribution in [2.45, 2.75) is 6.92 Å². The van der Waals surface area contributed by atoms with Gasteiger partial charge in [0, 0.05) is 16.8 Å². The monoisotopic (exact) mass is 322 g/mol. The van der Waals surface area contributed by atoms with E-state index in [0.717, 1.165) is 22.5 Å². The highest BCUT2D eigenvalue weighted by Gasteiger charge is 2.07. The Morgan fingerprint density at radius 2 is 1.70 bits per heavy atom. The lowest BCUT2D eigenvalue weighted by atomic mass is 10.1. The lowest BCUT2D eigenvalue weighted by Gasteiger charge is -2.07. The van der Waals surface area contributed by atoms with Crippen LogP contribution in [-0.4, -0.2) is 10.9 Å². The molecule has 0 aliphatic carbocycles. The molecule has 0 unspecified atom stereocenters. The molecule has 3 rings (SSSR count). The highest BCUT2D eigenvalue weighted by atomic mass is 35.5. The number of aromatic nitrogens is 1. The molecule has 0 fully saturated rings. The number of nitrogens with zero attached hydrogens (tertiary/aromatic N) is 1. The summed E-state index contributed by atoms with van der Waals surface area (Å²) < 4.78 is 0. The number of benzene rings is 2. The molecule has 1 amide bonds. The molecule has 0 bridgehead atoms. The molecule has 1 N–H and O–H groups in total. The Morgan fingerprint density at radius 3 is 2.35 bits per heavy atom. The van der Waals surface area contributed by atoms with Gasteiger partial charge in [-0.25, -0.2) is 4.98 Å². The van der Waals surface area contributed by atoms with E-state index < -0.39 is 0 Å². The minimum atomic E-state index is -0.141. The summed E-state index contributed by atoms with van der Waals surface area (Å²) in [7, 11) is 0. The van der Waals surface area contributed by atoms with E-state index in [4.69, 9.17) is 11.6 Å². The van der Waals surface area contributed by atoms with Crippen LogP contribution >= 0.6 is 11.6 Å². The first kappa shape index (κ1) is 15.3. The van der Waals surface area contributed by atoms with Crippen LogP contribution in [0.3, 0.4) is 0 Å². The molecule has 0 aliphatic heterocycles. The van der Waals surface area contributed by atoms with Gasteiger partial charge in [0.25, 0.3) is 5.91 Å². The zero-order valence-electron chi connectivity index (χ0n) is 12.6. The second kappa shape index (κ2) is 6.63. The summed E-state index contributed by atoms with van der Waals surface area (Å²) in [5.41, 5.74) is 4.13. The third-order valence-electron chi connectivity index (χ3n) is 3.41. The van der Waals surface area contributed by atoms with Gasteiger partial charge in [0.1, 0.15) is 5.15 Å². The summed E-state index contributed by atoms with van der Waals surface area (Å²) in [6, 6.07) is 20.5. The molecule has 3 nitrogen and oxygen atoms in total. The van der Waals surface area contributed by atoms with E-state index in [9.17, 15) is 4.79 Å². The number of anilines is 1. The molecule has 0 aliphatic rings. The normalized spacial score (nSPS) is 10.3. The van der Waals surface area contributed by atoms with Crippen molar-refractivity contribution in [3.05, 3.63) is 83.0 Å². The highest BCUT2D eigenvalue weighted by Crippen LogP contribution is 2.22. The largest absolute Gasteiger partial charge is 0.322 e. The third kappa shape index (κ3) is 3.76. The number of nitrogens with one attached hydrogen (secondary N) is 1. The summed E-state index contributed by atoms with van der Waals surface area (Å²) in [5, 5.41) is 3.32. The molecule has 3 aromatic rings. The minimum Gasteiger partial charge on any atom is -0.322 e.